The number of carbonyl (C=O) groups is 1. The van der Waals surface area contributed by atoms with Crippen molar-refractivity contribution in [2.24, 2.45) is 0 Å². The fraction of sp³-hybridized carbons (Fsp3) is 0.250. The Morgan fingerprint density at radius 3 is 2.57 bits per heavy atom. The molecule has 23 heavy (non-hydrogen) atoms. The van der Waals surface area contributed by atoms with Crippen LogP contribution in [0.5, 0.6) is 0 Å². The first-order valence-electron chi connectivity index (χ1n) is 7.83. The van der Waals surface area contributed by atoms with Gasteiger partial charge in [0, 0.05) is 18.3 Å². The van der Waals surface area contributed by atoms with Gasteiger partial charge in [-0.05, 0) is 55.7 Å². The van der Waals surface area contributed by atoms with Crippen molar-refractivity contribution in [3.05, 3.63) is 70.8 Å². The molecule has 3 nitrogen and oxygen atoms in total. The van der Waals surface area contributed by atoms with Gasteiger partial charge in [-0.25, -0.2) is 4.79 Å². The Balaban J connectivity index is 1.95. The van der Waals surface area contributed by atoms with E-state index in [-0.39, 0.29) is 5.97 Å². The van der Waals surface area contributed by atoms with Crippen LogP contribution in [0, 0.1) is 13.8 Å². The fourth-order valence-corrected chi connectivity index (χ4v) is 2.25. The summed E-state index contributed by atoms with van der Waals surface area (Å²) in [5.74, 6) is -0.315. The minimum Gasteiger partial charge on any atom is -0.463 e. The molecule has 0 aliphatic carbocycles. The summed E-state index contributed by atoms with van der Waals surface area (Å²) < 4.78 is 4.86. The molecule has 3 heteroatoms. The summed E-state index contributed by atoms with van der Waals surface area (Å²) in [6.45, 7) is 7.21. The van der Waals surface area contributed by atoms with Gasteiger partial charge in [-0.15, -0.1) is 0 Å². The molecule has 0 aliphatic rings. The lowest BCUT2D eigenvalue weighted by molar-refractivity contribution is -0.137. The second-order valence-corrected chi connectivity index (χ2v) is 5.49. The molecule has 1 N–H and O–H groups in total. The van der Waals surface area contributed by atoms with Gasteiger partial charge in [0.15, 0.2) is 0 Å². The summed E-state index contributed by atoms with van der Waals surface area (Å²) >= 11 is 0. The van der Waals surface area contributed by atoms with E-state index in [9.17, 15) is 4.79 Å². The number of benzene rings is 2. The van der Waals surface area contributed by atoms with Gasteiger partial charge in [0.25, 0.3) is 0 Å². The number of rotatable bonds is 6. The smallest absolute Gasteiger partial charge is 0.330 e. The summed E-state index contributed by atoms with van der Waals surface area (Å²) in [7, 11) is 0. The lowest BCUT2D eigenvalue weighted by Gasteiger charge is -2.10. The second-order valence-electron chi connectivity index (χ2n) is 5.49. The van der Waals surface area contributed by atoms with Gasteiger partial charge in [0.2, 0.25) is 0 Å². The summed E-state index contributed by atoms with van der Waals surface area (Å²) in [6.07, 6.45) is 3.20. The number of hydrogen-bond donors (Lipinski definition) is 1. The van der Waals surface area contributed by atoms with Crippen molar-refractivity contribution in [1.82, 2.24) is 0 Å². The van der Waals surface area contributed by atoms with Gasteiger partial charge >= 0.3 is 5.97 Å². The molecule has 0 aliphatic heterocycles. The third-order valence-electron chi connectivity index (χ3n) is 3.60. The molecule has 0 radical (unpaired) electrons. The maximum Gasteiger partial charge on any atom is 0.330 e. The van der Waals surface area contributed by atoms with Gasteiger partial charge < -0.3 is 10.1 Å². The number of nitrogens with one attached hydrogen (secondary N) is 1. The van der Waals surface area contributed by atoms with Gasteiger partial charge in [-0.2, -0.15) is 0 Å². The standard InChI is InChI=1S/C20H23NO2/c1-4-23-20(22)12-9-17-7-10-19(11-8-17)21-14-18-13-15(2)5-6-16(18)3/h5-13,21H,4,14H2,1-3H3. The third kappa shape index (κ3) is 5.29. The molecular formula is C20H23NO2. The van der Waals surface area contributed by atoms with E-state index in [0.717, 1.165) is 17.8 Å². The maximum absolute atomic E-state index is 11.3. The Bertz CT molecular complexity index is 687. The molecule has 0 heterocycles. The van der Waals surface area contributed by atoms with Crippen molar-refractivity contribution in [3.8, 4) is 0 Å². The van der Waals surface area contributed by atoms with Crippen molar-refractivity contribution in [2.45, 2.75) is 27.3 Å². The highest BCUT2D eigenvalue weighted by Crippen LogP contribution is 2.15. The minimum atomic E-state index is -0.315. The van der Waals surface area contributed by atoms with Gasteiger partial charge in [0.05, 0.1) is 6.61 Å². The summed E-state index contributed by atoms with van der Waals surface area (Å²) in [5.41, 5.74) is 5.88. The predicted octanol–water partition coefficient (Wildman–Crippen LogP) is 4.49. The van der Waals surface area contributed by atoms with Crippen LogP contribution in [-0.2, 0) is 16.1 Å². The van der Waals surface area contributed by atoms with E-state index < -0.39 is 0 Å². The average Bonchev–Trinajstić information content (AvgIpc) is 2.55. The van der Waals surface area contributed by atoms with Crippen LogP contribution in [-0.4, -0.2) is 12.6 Å². The third-order valence-corrected chi connectivity index (χ3v) is 3.60. The van der Waals surface area contributed by atoms with Crippen LogP contribution < -0.4 is 5.32 Å². The van der Waals surface area contributed by atoms with E-state index in [1.165, 1.54) is 22.8 Å². The van der Waals surface area contributed by atoms with E-state index in [2.05, 4.69) is 37.4 Å². The molecule has 0 fully saturated rings. The van der Waals surface area contributed by atoms with Crippen LogP contribution in [0.15, 0.2) is 48.5 Å². The first-order valence-corrected chi connectivity index (χ1v) is 7.83. The first kappa shape index (κ1) is 16.8. The highest BCUT2D eigenvalue weighted by molar-refractivity contribution is 5.87. The minimum absolute atomic E-state index is 0.315. The fourth-order valence-electron chi connectivity index (χ4n) is 2.25. The number of anilines is 1. The number of aryl methyl sites for hydroxylation is 2. The topological polar surface area (TPSA) is 38.3 Å². The number of hydrogen-bond acceptors (Lipinski definition) is 3. The molecule has 0 spiro atoms. The van der Waals surface area contributed by atoms with Crippen LogP contribution in [0.25, 0.3) is 6.08 Å². The number of esters is 1. The lowest BCUT2D eigenvalue weighted by atomic mass is 10.1. The largest absolute Gasteiger partial charge is 0.463 e. The molecule has 0 bridgehead atoms. The molecule has 120 valence electrons. The van der Waals surface area contributed by atoms with Gasteiger partial charge in [-0.1, -0.05) is 35.9 Å². The van der Waals surface area contributed by atoms with Crippen LogP contribution in [0.3, 0.4) is 0 Å². The van der Waals surface area contributed by atoms with Gasteiger partial charge in [0.1, 0.15) is 0 Å². The Morgan fingerprint density at radius 1 is 1.13 bits per heavy atom. The first-order chi connectivity index (χ1) is 11.1. The zero-order valence-electron chi connectivity index (χ0n) is 13.9. The monoisotopic (exact) mass is 309 g/mol. The summed E-state index contributed by atoms with van der Waals surface area (Å²) in [6, 6.07) is 14.5. The molecule has 0 aromatic heterocycles. The highest BCUT2D eigenvalue weighted by atomic mass is 16.5. The van der Waals surface area contributed by atoms with Crippen molar-refractivity contribution in [1.29, 1.82) is 0 Å². The Kier molecular flexibility index (Phi) is 5.98. The Labute approximate surface area is 138 Å². The maximum atomic E-state index is 11.3. The molecule has 2 rings (SSSR count). The molecular weight excluding hydrogens is 286 g/mol. The van der Waals surface area contributed by atoms with Crippen LogP contribution in [0.4, 0.5) is 5.69 Å². The molecule has 0 saturated carbocycles. The zero-order chi connectivity index (χ0) is 16.7. The molecule has 2 aromatic carbocycles. The van der Waals surface area contributed by atoms with E-state index >= 15 is 0 Å². The quantitative estimate of drug-likeness (QED) is 0.631. The van der Waals surface area contributed by atoms with E-state index in [1.807, 2.05) is 24.3 Å². The second kappa shape index (κ2) is 8.18. The number of ether oxygens (including phenoxy) is 1. The predicted molar refractivity (Wildman–Crippen MR) is 95.4 cm³/mol. The van der Waals surface area contributed by atoms with Crippen molar-refractivity contribution < 1.29 is 9.53 Å². The molecule has 0 amide bonds. The molecule has 0 saturated heterocycles. The lowest BCUT2D eigenvalue weighted by Crippen LogP contribution is -2.01. The number of carbonyl (C=O) groups excluding carboxylic acids is 1. The molecule has 2 aromatic rings. The molecule has 0 atom stereocenters. The summed E-state index contributed by atoms with van der Waals surface area (Å²) in [5, 5.41) is 3.43. The SMILES string of the molecule is CCOC(=O)C=Cc1ccc(NCc2cc(C)ccc2C)cc1. The van der Waals surface area contributed by atoms with E-state index in [1.54, 1.807) is 13.0 Å². The van der Waals surface area contributed by atoms with Crippen LogP contribution in [0.1, 0.15) is 29.2 Å². The Morgan fingerprint density at radius 2 is 1.87 bits per heavy atom. The zero-order valence-corrected chi connectivity index (χ0v) is 13.9. The molecule has 0 unspecified atom stereocenters. The van der Waals surface area contributed by atoms with E-state index in [0.29, 0.717) is 6.61 Å². The van der Waals surface area contributed by atoms with Crippen molar-refractivity contribution in [3.63, 3.8) is 0 Å². The van der Waals surface area contributed by atoms with Gasteiger partial charge in [-0.3, -0.25) is 0 Å². The van der Waals surface area contributed by atoms with Crippen LogP contribution >= 0.6 is 0 Å². The normalized spacial score (nSPS) is 10.7. The Hall–Kier alpha value is -2.55. The van der Waals surface area contributed by atoms with Crippen LogP contribution in [0.2, 0.25) is 0 Å². The van der Waals surface area contributed by atoms with Crippen molar-refractivity contribution in [2.75, 3.05) is 11.9 Å². The van der Waals surface area contributed by atoms with Crippen molar-refractivity contribution >= 4 is 17.7 Å². The summed E-state index contributed by atoms with van der Waals surface area (Å²) in [4.78, 5) is 11.3. The van der Waals surface area contributed by atoms with E-state index in [4.69, 9.17) is 4.74 Å². The highest BCUT2D eigenvalue weighted by Gasteiger charge is 1.99. The average molecular weight is 309 g/mol.